The second-order valence-corrected chi connectivity index (χ2v) is 6.08. The van der Waals surface area contributed by atoms with Gasteiger partial charge in [-0.25, -0.2) is 14.8 Å². The number of alkyl halides is 3. The molecule has 0 saturated heterocycles. The number of carbonyl (C=O) groups is 1. The number of rotatable bonds is 3. The van der Waals surface area contributed by atoms with Crippen LogP contribution < -0.4 is 0 Å². The lowest BCUT2D eigenvalue weighted by Gasteiger charge is -2.11. The summed E-state index contributed by atoms with van der Waals surface area (Å²) in [5.41, 5.74) is -1.41. The number of nitrogens with zero attached hydrogens (tertiary/aromatic N) is 4. The average molecular weight is 310 g/mol. The van der Waals surface area contributed by atoms with Crippen LogP contribution in [0.15, 0.2) is 19.6 Å². The SMILES string of the molecule is CC1(Sc2nc(C(F)(F)F)c(C(=O)O)s2)N=CN=N1. The highest BCUT2D eigenvalue weighted by Crippen LogP contribution is 2.43. The number of thioether (sulfide) groups is 1. The normalized spacial score (nSPS) is 22.1. The second kappa shape index (κ2) is 4.56. The van der Waals surface area contributed by atoms with E-state index in [0.29, 0.717) is 11.3 Å². The fourth-order valence-corrected chi connectivity index (χ4v) is 3.39. The molecule has 1 aromatic heterocycles. The molecular weight excluding hydrogens is 305 g/mol. The minimum absolute atomic E-state index is 0.0785. The van der Waals surface area contributed by atoms with Crippen molar-refractivity contribution in [2.45, 2.75) is 22.4 Å². The molecule has 102 valence electrons. The highest BCUT2D eigenvalue weighted by Gasteiger charge is 2.41. The molecule has 0 fully saturated rings. The van der Waals surface area contributed by atoms with E-state index in [9.17, 15) is 18.0 Å². The molecule has 0 saturated carbocycles. The van der Waals surface area contributed by atoms with Crippen LogP contribution in [0.2, 0.25) is 0 Å². The third-order valence-corrected chi connectivity index (χ3v) is 4.12. The van der Waals surface area contributed by atoms with Crippen molar-refractivity contribution in [3.8, 4) is 0 Å². The minimum atomic E-state index is -4.82. The Morgan fingerprint density at radius 3 is 2.63 bits per heavy atom. The molecule has 2 rings (SSSR count). The maximum absolute atomic E-state index is 12.6. The zero-order valence-electron chi connectivity index (χ0n) is 9.17. The highest BCUT2D eigenvalue weighted by atomic mass is 32.2. The third-order valence-electron chi connectivity index (χ3n) is 1.94. The topological polar surface area (TPSA) is 87.3 Å². The Morgan fingerprint density at radius 1 is 1.53 bits per heavy atom. The van der Waals surface area contributed by atoms with Crippen LogP contribution in [0.3, 0.4) is 0 Å². The number of aliphatic imine (C=N–C) groups is 1. The molecule has 0 aliphatic carbocycles. The molecule has 1 unspecified atom stereocenters. The molecule has 1 aliphatic rings. The van der Waals surface area contributed by atoms with Crippen LogP contribution in [0.25, 0.3) is 0 Å². The Morgan fingerprint density at radius 2 is 2.21 bits per heavy atom. The number of halogens is 3. The van der Waals surface area contributed by atoms with Gasteiger partial charge in [0.05, 0.1) is 0 Å². The van der Waals surface area contributed by atoms with Crippen molar-refractivity contribution in [3.05, 3.63) is 10.6 Å². The Bertz CT molecular complexity index is 569. The van der Waals surface area contributed by atoms with Gasteiger partial charge < -0.3 is 5.11 Å². The van der Waals surface area contributed by atoms with Crippen LogP contribution in [0, 0.1) is 0 Å². The van der Waals surface area contributed by atoms with Crippen molar-refractivity contribution in [3.63, 3.8) is 0 Å². The van der Waals surface area contributed by atoms with Crippen LogP contribution in [0.1, 0.15) is 22.3 Å². The van der Waals surface area contributed by atoms with Gasteiger partial charge in [0.2, 0.25) is 4.99 Å². The van der Waals surface area contributed by atoms with Gasteiger partial charge in [-0.1, -0.05) is 11.3 Å². The first kappa shape index (κ1) is 13.9. The number of hydrogen-bond acceptors (Lipinski definition) is 7. The Kier molecular flexibility index (Phi) is 3.34. The summed E-state index contributed by atoms with van der Waals surface area (Å²) in [4.78, 5) is 16.0. The van der Waals surface area contributed by atoms with E-state index >= 15 is 0 Å². The Hall–Kier alpha value is -1.49. The molecule has 11 heteroatoms. The van der Waals surface area contributed by atoms with E-state index in [-0.39, 0.29) is 4.34 Å². The van der Waals surface area contributed by atoms with Crippen molar-refractivity contribution in [1.29, 1.82) is 0 Å². The van der Waals surface area contributed by atoms with Crippen molar-refractivity contribution in [2.24, 2.45) is 15.2 Å². The van der Waals surface area contributed by atoms with Gasteiger partial charge in [-0.2, -0.15) is 13.2 Å². The molecule has 0 amide bonds. The van der Waals surface area contributed by atoms with E-state index in [0.717, 1.165) is 11.8 Å². The molecule has 2 heterocycles. The van der Waals surface area contributed by atoms with Gasteiger partial charge in [-0.05, 0) is 18.7 Å². The van der Waals surface area contributed by atoms with Crippen LogP contribution >= 0.6 is 23.1 Å². The van der Waals surface area contributed by atoms with Crippen LogP contribution in [0.4, 0.5) is 13.2 Å². The minimum Gasteiger partial charge on any atom is -0.477 e. The molecule has 6 nitrogen and oxygen atoms in total. The monoisotopic (exact) mass is 310 g/mol. The summed E-state index contributed by atoms with van der Waals surface area (Å²) in [6.45, 7) is 1.53. The van der Waals surface area contributed by atoms with Crippen molar-refractivity contribution in [1.82, 2.24) is 4.98 Å². The average Bonchev–Trinajstić information content (AvgIpc) is 2.84. The molecule has 0 spiro atoms. The summed E-state index contributed by atoms with van der Waals surface area (Å²) < 4.78 is 37.8. The highest BCUT2D eigenvalue weighted by molar-refractivity contribution is 8.02. The Labute approximate surface area is 112 Å². The lowest BCUT2D eigenvalue weighted by Crippen LogP contribution is -2.12. The molecule has 1 aliphatic heterocycles. The summed E-state index contributed by atoms with van der Waals surface area (Å²) in [6, 6.07) is 0. The smallest absolute Gasteiger partial charge is 0.435 e. The maximum atomic E-state index is 12.6. The lowest BCUT2D eigenvalue weighted by atomic mass is 10.3. The van der Waals surface area contributed by atoms with Gasteiger partial charge in [0, 0.05) is 0 Å². The number of carboxylic acid groups (broad SMARTS) is 1. The van der Waals surface area contributed by atoms with Crippen LogP contribution in [0.5, 0.6) is 0 Å². The van der Waals surface area contributed by atoms with Gasteiger partial charge in [0.25, 0.3) is 0 Å². The van der Waals surface area contributed by atoms with E-state index in [2.05, 4.69) is 20.2 Å². The molecule has 0 radical (unpaired) electrons. The van der Waals surface area contributed by atoms with Gasteiger partial charge in [0.1, 0.15) is 11.2 Å². The first-order chi connectivity index (χ1) is 8.71. The summed E-state index contributed by atoms with van der Waals surface area (Å²) in [5, 5.41) is 16.0. The molecule has 1 aromatic rings. The summed E-state index contributed by atoms with van der Waals surface area (Å²) in [6.07, 6.45) is -3.65. The fraction of sp³-hybridized carbons (Fsp3) is 0.375. The fourth-order valence-electron chi connectivity index (χ4n) is 1.19. The van der Waals surface area contributed by atoms with Crippen molar-refractivity contribution >= 4 is 35.4 Å². The van der Waals surface area contributed by atoms with Crippen molar-refractivity contribution in [2.75, 3.05) is 0 Å². The van der Waals surface area contributed by atoms with Gasteiger partial charge >= 0.3 is 12.1 Å². The van der Waals surface area contributed by atoms with E-state index in [1.807, 2.05) is 0 Å². The van der Waals surface area contributed by atoms with Crippen LogP contribution in [-0.4, -0.2) is 27.4 Å². The molecule has 0 bridgehead atoms. The van der Waals surface area contributed by atoms with E-state index in [4.69, 9.17) is 5.11 Å². The van der Waals surface area contributed by atoms with E-state index in [1.165, 1.54) is 13.3 Å². The van der Waals surface area contributed by atoms with Gasteiger partial charge in [-0.3, -0.25) is 0 Å². The summed E-state index contributed by atoms with van der Waals surface area (Å²) >= 11 is 1.24. The standard InChI is InChI=1S/C8H5F3N4O2S2/c1-7(12-2-13-15-7)19-6-14-4(8(9,10)11)3(18-6)5(16)17/h2H,1H3,(H,16,17). The molecule has 1 N–H and O–H groups in total. The van der Waals surface area contributed by atoms with E-state index < -0.39 is 27.7 Å². The number of thiazole rings is 1. The van der Waals surface area contributed by atoms with Gasteiger partial charge in [0.15, 0.2) is 10.0 Å². The number of aromatic carboxylic acids is 1. The summed E-state index contributed by atoms with van der Waals surface area (Å²) in [5.74, 6) is -1.67. The zero-order chi connectivity index (χ0) is 14.3. The number of carboxylic acids is 1. The Balaban J connectivity index is 2.36. The molecular formula is C8H5F3N4O2S2. The van der Waals surface area contributed by atoms with Crippen molar-refractivity contribution < 1.29 is 23.1 Å². The number of aromatic nitrogens is 1. The molecule has 19 heavy (non-hydrogen) atoms. The first-order valence-electron chi connectivity index (χ1n) is 4.67. The van der Waals surface area contributed by atoms with E-state index in [1.54, 1.807) is 0 Å². The number of azo groups is 1. The van der Waals surface area contributed by atoms with Crippen LogP contribution in [-0.2, 0) is 6.18 Å². The predicted octanol–water partition coefficient (Wildman–Crippen LogP) is 3.12. The number of hydrogen-bond donors (Lipinski definition) is 1. The zero-order valence-corrected chi connectivity index (χ0v) is 10.8. The summed E-state index contributed by atoms with van der Waals surface area (Å²) in [7, 11) is 0. The predicted molar refractivity (Wildman–Crippen MR) is 61.7 cm³/mol. The molecule has 1 atom stereocenters. The largest absolute Gasteiger partial charge is 0.477 e. The third kappa shape index (κ3) is 2.92. The second-order valence-electron chi connectivity index (χ2n) is 3.46. The maximum Gasteiger partial charge on any atom is 0.435 e. The molecule has 0 aromatic carbocycles. The van der Waals surface area contributed by atoms with Gasteiger partial charge in [-0.15, -0.1) is 10.2 Å². The lowest BCUT2D eigenvalue weighted by molar-refractivity contribution is -0.141. The quantitative estimate of drug-likeness (QED) is 0.929. The first-order valence-corrected chi connectivity index (χ1v) is 6.30.